The molecule has 0 bridgehead atoms. The lowest BCUT2D eigenvalue weighted by atomic mass is 9.83. The molecule has 2 unspecified atom stereocenters. The number of nitrogens with two attached hydrogens (primary N) is 1. The fourth-order valence-corrected chi connectivity index (χ4v) is 2.90. The van der Waals surface area contributed by atoms with Gasteiger partial charge in [0, 0.05) is 6.04 Å². The van der Waals surface area contributed by atoms with E-state index in [-0.39, 0.29) is 0 Å². The van der Waals surface area contributed by atoms with Crippen LogP contribution in [0.1, 0.15) is 58.3 Å². The van der Waals surface area contributed by atoms with Crippen molar-refractivity contribution in [1.82, 2.24) is 4.90 Å². The molecule has 0 aromatic heterocycles. The minimum atomic E-state index is 0.852. The topological polar surface area (TPSA) is 29.3 Å². The van der Waals surface area contributed by atoms with Crippen LogP contribution in [-0.4, -0.2) is 31.1 Å². The second-order valence-electron chi connectivity index (χ2n) is 5.42. The maximum Gasteiger partial charge on any atom is 0.00948 e. The summed E-state index contributed by atoms with van der Waals surface area (Å²) in [5.41, 5.74) is 5.51. The molecule has 16 heavy (non-hydrogen) atoms. The van der Waals surface area contributed by atoms with E-state index in [4.69, 9.17) is 5.73 Å². The Labute approximate surface area is 102 Å². The van der Waals surface area contributed by atoms with E-state index in [0.29, 0.717) is 0 Å². The first-order valence-corrected chi connectivity index (χ1v) is 7.18. The van der Waals surface area contributed by atoms with Gasteiger partial charge in [0.15, 0.2) is 0 Å². The molecule has 2 heteroatoms. The highest BCUT2D eigenvalue weighted by molar-refractivity contribution is 4.78. The molecule has 96 valence electrons. The van der Waals surface area contributed by atoms with E-state index in [1.807, 2.05) is 0 Å². The number of hydrogen-bond acceptors (Lipinski definition) is 2. The fourth-order valence-electron chi connectivity index (χ4n) is 2.90. The summed E-state index contributed by atoms with van der Waals surface area (Å²) in [6.45, 7) is 4.46. The highest BCUT2D eigenvalue weighted by Gasteiger charge is 2.23. The summed E-state index contributed by atoms with van der Waals surface area (Å²) in [5, 5.41) is 0. The molecule has 2 nitrogen and oxygen atoms in total. The third kappa shape index (κ3) is 4.84. The summed E-state index contributed by atoms with van der Waals surface area (Å²) in [6, 6.07) is 0.858. The van der Waals surface area contributed by atoms with Crippen LogP contribution in [0.4, 0.5) is 0 Å². The van der Waals surface area contributed by atoms with Crippen LogP contribution in [-0.2, 0) is 0 Å². The molecule has 0 aromatic rings. The lowest BCUT2D eigenvalue weighted by molar-refractivity contribution is 0.154. The van der Waals surface area contributed by atoms with Gasteiger partial charge in [-0.2, -0.15) is 0 Å². The highest BCUT2D eigenvalue weighted by Crippen LogP contribution is 2.29. The zero-order valence-corrected chi connectivity index (χ0v) is 11.3. The molecule has 0 spiro atoms. The summed E-state index contributed by atoms with van der Waals surface area (Å²) in [7, 11) is 2.31. The largest absolute Gasteiger partial charge is 0.330 e. The van der Waals surface area contributed by atoms with Gasteiger partial charge in [-0.25, -0.2) is 0 Å². The molecular weight excluding hydrogens is 196 g/mol. The Hall–Kier alpha value is -0.0800. The molecule has 1 aliphatic carbocycles. The first-order valence-electron chi connectivity index (χ1n) is 7.18. The van der Waals surface area contributed by atoms with E-state index in [1.54, 1.807) is 0 Å². The van der Waals surface area contributed by atoms with Crippen molar-refractivity contribution >= 4 is 0 Å². The maximum atomic E-state index is 5.51. The average molecular weight is 226 g/mol. The third-order valence-corrected chi connectivity index (χ3v) is 4.17. The van der Waals surface area contributed by atoms with Crippen LogP contribution in [0.25, 0.3) is 0 Å². The van der Waals surface area contributed by atoms with E-state index in [0.717, 1.165) is 18.5 Å². The van der Waals surface area contributed by atoms with Crippen molar-refractivity contribution in [2.24, 2.45) is 11.7 Å². The Morgan fingerprint density at radius 1 is 1.19 bits per heavy atom. The Bertz CT molecular complexity index is 170. The Balaban J connectivity index is 2.16. The monoisotopic (exact) mass is 226 g/mol. The van der Waals surface area contributed by atoms with Crippen molar-refractivity contribution in [2.75, 3.05) is 20.1 Å². The predicted molar refractivity (Wildman–Crippen MR) is 71.6 cm³/mol. The van der Waals surface area contributed by atoms with E-state index in [2.05, 4.69) is 18.9 Å². The zero-order chi connectivity index (χ0) is 11.8. The summed E-state index contributed by atoms with van der Waals surface area (Å²) in [4.78, 5) is 2.60. The second-order valence-corrected chi connectivity index (χ2v) is 5.42. The van der Waals surface area contributed by atoms with Crippen LogP contribution >= 0.6 is 0 Å². The second kappa shape index (κ2) is 8.08. The average Bonchev–Trinajstić information content (AvgIpc) is 2.34. The number of hydrogen-bond donors (Lipinski definition) is 1. The van der Waals surface area contributed by atoms with E-state index >= 15 is 0 Å². The van der Waals surface area contributed by atoms with E-state index in [1.165, 1.54) is 57.9 Å². The SMILES string of the molecule is CCC1CCCC(N(C)CCCCCN)C1. The molecule has 0 aromatic carbocycles. The number of nitrogens with zero attached hydrogens (tertiary/aromatic N) is 1. The summed E-state index contributed by atoms with van der Waals surface area (Å²) < 4.78 is 0. The first-order chi connectivity index (χ1) is 7.77. The highest BCUT2D eigenvalue weighted by atomic mass is 15.1. The number of unbranched alkanes of at least 4 members (excludes halogenated alkanes) is 2. The van der Waals surface area contributed by atoms with Gasteiger partial charge in [-0.15, -0.1) is 0 Å². The molecule has 0 heterocycles. The van der Waals surface area contributed by atoms with Gasteiger partial charge in [0.05, 0.1) is 0 Å². The van der Waals surface area contributed by atoms with Gasteiger partial charge in [0.2, 0.25) is 0 Å². The van der Waals surface area contributed by atoms with Crippen LogP contribution in [0.2, 0.25) is 0 Å². The quantitative estimate of drug-likeness (QED) is 0.676. The van der Waals surface area contributed by atoms with Crippen molar-refractivity contribution in [2.45, 2.75) is 64.3 Å². The zero-order valence-electron chi connectivity index (χ0n) is 11.3. The van der Waals surface area contributed by atoms with Crippen LogP contribution < -0.4 is 5.73 Å². The minimum absolute atomic E-state index is 0.852. The van der Waals surface area contributed by atoms with Gasteiger partial charge in [-0.1, -0.05) is 32.6 Å². The molecule has 1 saturated carbocycles. The van der Waals surface area contributed by atoms with Crippen molar-refractivity contribution in [3.8, 4) is 0 Å². The van der Waals surface area contributed by atoms with Gasteiger partial charge in [-0.05, 0) is 51.7 Å². The molecule has 2 atom stereocenters. The molecule has 1 aliphatic rings. The van der Waals surface area contributed by atoms with Crippen molar-refractivity contribution in [3.05, 3.63) is 0 Å². The standard InChI is InChI=1S/C14H30N2/c1-3-13-8-7-9-14(12-13)16(2)11-6-4-5-10-15/h13-14H,3-12,15H2,1-2H3. The Morgan fingerprint density at radius 3 is 2.69 bits per heavy atom. The smallest absolute Gasteiger partial charge is 0.00948 e. The van der Waals surface area contributed by atoms with Crippen LogP contribution in [0.3, 0.4) is 0 Å². The lowest BCUT2D eigenvalue weighted by Gasteiger charge is -2.35. The maximum absolute atomic E-state index is 5.51. The molecule has 0 amide bonds. The number of rotatable bonds is 7. The van der Waals surface area contributed by atoms with Gasteiger partial charge < -0.3 is 10.6 Å². The van der Waals surface area contributed by atoms with E-state index in [9.17, 15) is 0 Å². The van der Waals surface area contributed by atoms with Gasteiger partial charge in [0.25, 0.3) is 0 Å². The molecule has 1 fully saturated rings. The van der Waals surface area contributed by atoms with Crippen molar-refractivity contribution < 1.29 is 0 Å². The normalized spacial score (nSPS) is 26.2. The molecule has 1 rings (SSSR count). The summed E-state index contributed by atoms with van der Waals surface area (Å²) in [5.74, 6) is 0.991. The molecule has 2 N–H and O–H groups in total. The van der Waals surface area contributed by atoms with E-state index < -0.39 is 0 Å². The molecule has 0 aliphatic heterocycles. The Kier molecular flexibility index (Phi) is 7.06. The predicted octanol–water partition coefficient (Wildman–Crippen LogP) is 3.02. The lowest BCUT2D eigenvalue weighted by Crippen LogP contribution is -2.36. The Morgan fingerprint density at radius 2 is 2.00 bits per heavy atom. The van der Waals surface area contributed by atoms with Crippen LogP contribution in [0.15, 0.2) is 0 Å². The van der Waals surface area contributed by atoms with Crippen LogP contribution in [0, 0.1) is 5.92 Å². The summed E-state index contributed by atoms with van der Waals surface area (Å²) >= 11 is 0. The summed E-state index contributed by atoms with van der Waals surface area (Å²) in [6.07, 6.45) is 10.9. The molecular formula is C14H30N2. The minimum Gasteiger partial charge on any atom is -0.330 e. The van der Waals surface area contributed by atoms with Crippen molar-refractivity contribution in [3.63, 3.8) is 0 Å². The van der Waals surface area contributed by atoms with Gasteiger partial charge >= 0.3 is 0 Å². The van der Waals surface area contributed by atoms with Gasteiger partial charge in [-0.3, -0.25) is 0 Å². The molecule has 0 saturated heterocycles. The van der Waals surface area contributed by atoms with Gasteiger partial charge in [0.1, 0.15) is 0 Å². The third-order valence-electron chi connectivity index (χ3n) is 4.17. The molecule has 0 radical (unpaired) electrons. The fraction of sp³-hybridized carbons (Fsp3) is 1.00. The first kappa shape index (κ1) is 14.0. The van der Waals surface area contributed by atoms with Crippen LogP contribution in [0.5, 0.6) is 0 Å². The van der Waals surface area contributed by atoms with Crippen molar-refractivity contribution in [1.29, 1.82) is 0 Å².